The summed E-state index contributed by atoms with van der Waals surface area (Å²) < 4.78 is 5.52. The molecule has 0 aliphatic heterocycles. The van der Waals surface area contributed by atoms with Gasteiger partial charge in [0.1, 0.15) is 5.75 Å². The number of nitrogens with zero attached hydrogens (tertiary/aromatic N) is 1. The summed E-state index contributed by atoms with van der Waals surface area (Å²) in [5.41, 5.74) is 8.23. The van der Waals surface area contributed by atoms with Crippen molar-refractivity contribution < 1.29 is 4.74 Å². The lowest BCUT2D eigenvalue weighted by atomic mass is 9.94. The fourth-order valence-corrected chi connectivity index (χ4v) is 2.47. The lowest BCUT2D eigenvalue weighted by Crippen LogP contribution is -2.30. The van der Waals surface area contributed by atoms with Crippen LogP contribution in [0.4, 0.5) is 0 Å². The van der Waals surface area contributed by atoms with Crippen molar-refractivity contribution in [1.29, 1.82) is 0 Å². The standard InChI is InChI=1S/C16H21N3O/c1-10-7-11(2)15(14(8-10)20-4)16(19-17)13-6-5-12(3)18-9-13/h5-9,16,19H,17H2,1-4H3. The number of ether oxygens (including phenoxy) is 1. The molecule has 0 amide bonds. The second-order valence-electron chi connectivity index (χ2n) is 5.03. The average Bonchev–Trinajstić information content (AvgIpc) is 2.43. The summed E-state index contributed by atoms with van der Waals surface area (Å²) in [6.07, 6.45) is 1.85. The highest BCUT2D eigenvalue weighted by Gasteiger charge is 2.20. The zero-order valence-electron chi connectivity index (χ0n) is 12.4. The Hall–Kier alpha value is -1.91. The van der Waals surface area contributed by atoms with Gasteiger partial charge in [0.25, 0.3) is 0 Å². The quantitative estimate of drug-likeness (QED) is 0.663. The third kappa shape index (κ3) is 2.81. The Morgan fingerprint density at radius 2 is 1.95 bits per heavy atom. The van der Waals surface area contributed by atoms with Crippen LogP contribution >= 0.6 is 0 Å². The number of hydrazine groups is 1. The highest BCUT2D eigenvalue weighted by molar-refractivity contribution is 5.48. The van der Waals surface area contributed by atoms with Gasteiger partial charge in [0.15, 0.2) is 0 Å². The molecule has 0 spiro atoms. The first-order valence-corrected chi connectivity index (χ1v) is 6.60. The largest absolute Gasteiger partial charge is 0.496 e. The number of hydrogen-bond donors (Lipinski definition) is 2. The molecular weight excluding hydrogens is 250 g/mol. The summed E-state index contributed by atoms with van der Waals surface area (Å²) in [7, 11) is 1.68. The van der Waals surface area contributed by atoms with E-state index in [1.807, 2.05) is 31.3 Å². The first-order valence-electron chi connectivity index (χ1n) is 6.60. The van der Waals surface area contributed by atoms with Crippen LogP contribution in [0.15, 0.2) is 30.5 Å². The van der Waals surface area contributed by atoms with Gasteiger partial charge in [-0.2, -0.15) is 0 Å². The number of benzene rings is 1. The first-order chi connectivity index (χ1) is 9.56. The number of aromatic nitrogens is 1. The van der Waals surface area contributed by atoms with E-state index in [9.17, 15) is 0 Å². The zero-order chi connectivity index (χ0) is 14.7. The average molecular weight is 271 g/mol. The topological polar surface area (TPSA) is 60.2 Å². The molecule has 0 radical (unpaired) electrons. The van der Waals surface area contributed by atoms with E-state index in [0.717, 1.165) is 28.1 Å². The van der Waals surface area contributed by atoms with Gasteiger partial charge in [-0.05, 0) is 49.6 Å². The molecule has 3 N–H and O–H groups in total. The Morgan fingerprint density at radius 1 is 1.20 bits per heavy atom. The molecule has 1 aromatic heterocycles. The molecule has 0 aliphatic carbocycles. The van der Waals surface area contributed by atoms with Crippen molar-refractivity contribution in [2.24, 2.45) is 5.84 Å². The summed E-state index contributed by atoms with van der Waals surface area (Å²) in [6, 6.07) is 8.03. The minimum Gasteiger partial charge on any atom is -0.496 e. The maximum Gasteiger partial charge on any atom is 0.124 e. The van der Waals surface area contributed by atoms with Crippen LogP contribution in [-0.2, 0) is 0 Å². The van der Waals surface area contributed by atoms with Gasteiger partial charge in [-0.25, -0.2) is 5.43 Å². The molecule has 4 nitrogen and oxygen atoms in total. The van der Waals surface area contributed by atoms with Crippen molar-refractivity contribution in [1.82, 2.24) is 10.4 Å². The summed E-state index contributed by atoms with van der Waals surface area (Å²) >= 11 is 0. The molecule has 0 saturated carbocycles. The van der Waals surface area contributed by atoms with Crippen molar-refractivity contribution in [3.8, 4) is 5.75 Å². The predicted molar refractivity (Wildman–Crippen MR) is 80.6 cm³/mol. The molecule has 2 rings (SSSR count). The second-order valence-corrected chi connectivity index (χ2v) is 5.03. The Labute approximate surface area is 120 Å². The van der Waals surface area contributed by atoms with Gasteiger partial charge in [0.05, 0.1) is 13.2 Å². The molecule has 106 valence electrons. The molecule has 0 saturated heterocycles. The number of nitrogens with two attached hydrogens (primary N) is 1. The summed E-state index contributed by atoms with van der Waals surface area (Å²) in [4.78, 5) is 4.34. The van der Waals surface area contributed by atoms with Gasteiger partial charge in [0, 0.05) is 17.5 Å². The maximum atomic E-state index is 5.77. The molecule has 1 aromatic carbocycles. The Bertz CT molecular complexity index is 593. The Balaban J connectivity index is 2.54. The van der Waals surface area contributed by atoms with Crippen LogP contribution in [0, 0.1) is 20.8 Å². The van der Waals surface area contributed by atoms with E-state index in [1.54, 1.807) is 7.11 Å². The van der Waals surface area contributed by atoms with E-state index in [0.29, 0.717) is 0 Å². The number of aryl methyl sites for hydroxylation is 3. The van der Waals surface area contributed by atoms with Crippen molar-refractivity contribution in [3.63, 3.8) is 0 Å². The minimum absolute atomic E-state index is 0.140. The fraction of sp³-hybridized carbons (Fsp3) is 0.312. The highest BCUT2D eigenvalue weighted by atomic mass is 16.5. The Morgan fingerprint density at radius 3 is 2.50 bits per heavy atom. The lowest BCUT2D eigenvalue weighted by molar-refractivity contribution is 0.403. The molecule has 1 atom stereocenters. The molecular formula is C16H21N3O. The van der Waals surface area contributed by atoms with E-state index < -0.39 is 0 Å². The van der Waals surface area contributed by atoms with Crippen LogP contribution in [0.5, 0.6) is 5.75 Å². The van der Waals surface area contributed by atoms with Crippen molar-refractivity contribution in [2.75, 3.05) is 7.11 Å². The normalized spacial score (nSPS) is 12.2. The van der Waals surface area contributed by atoms with E-state index in [2.05, 4.69) is 30.3 Å². The van der Waals surface area contributed by atoms with Crippen LogP contribution < -0.4 is 16.0 Å². The highest BCUT2D eigenvalue weighted by Crippen LogP contribution is 2.33. The van der Waals surface area contributed by atoms with Gasteiger partial charge < -0.3 is 4.74 Å². The third-order valence-corrected chi connectivity index (χ3v) is 3.44. The molecule has 1 unspecified atom stereocenters. The number of nitrogens with one attached hydrogen (secondary N) is 1. The zero-order valence-corrected chi connectivity index (χ0v) is 12.4. The minimum atomic E-state index is -0.140. The van der Waals surface area contributed by atoms with Crippen molar-refractivity contribution in [3.05, 3.63) is 58.4 Å². The summed E-state index contributed by atoms with van der Waals surface area (Å²) in [5.74, 6) is 6.61. The van der Waals surface area contributed by atoms with Crippen LogP contribution in [-0.4, -0.2) is 12.1 Å². The Kier molecular flexibility index (Phi) is 4.37. The predicted octanol–water partition coefficient (Wildman–Crippen LogP) is 2.57. The smallest absolute Gasteiger partial charge is 0.124 e. The molecule has 4 heteroatoms. The van der Waals surface area contributed by atoms with Crippen molar-refractivity contribution >= 4 is 0 Å². The van der Waals surface area contributed by atoms with Gasteiger partial charge in [-0.1, -0.05) is 12.1 Å². The number of pyridine rings is 1. The third-order valence-electron chi connectivity index (χ3n) is 3.44. The van der Waals surface area contributed by atoms with Gasteiger partial charge in [0.2, 0.25) is 0 Å². The molecule has 0 fully saturated rings. The monoisotopic (exact) mass is 271 g/mol. The molecule has 0 aliphatic rings. The summed E-state index contributed by atoms with van der Waals surface area (Å²) in [6.45, 7) is 6.08. The maximum absolute atomic E-state index is 5.77. The number of hydrogen-bond acceptors (Lipinski definition) is 4. The molecule has 2 aromatic rings. The number of methoxy groups -OCH3 is 1. The SMILES string of the molecule is COc1cc(C)cc(C)c1C(NN)c1ccc(C)nc1. The van der Waals surface area contributed by atoms with Gasteiger partial charge in [-0.15, -0.1) is 0 Å². The summed E-state index contributed by atoms with van der Waals surface area (Å²) in [5, 5.41) is 0. The van der Waals surface area contributed by atoms with Crippen LogP contribution in [0.3, 0.4) is 0 Å². The number of rotatable bonds is 4. The molecule has 0 bridgehead atoms. The van der Waals surface area contributed by atoms with E-state index in [1.165, 1.54) is 5.56 Å². The lowest BCUT2D eigenvalue weighted by Gasteiger charge is -2.22. The van der Waals surface area contributed by atoms with Crippen LogP contribution in [0.2, 0.25) is 0 Å². The van der Waals surface area contributed by atoms with Gasteiger partial charge >= 0.3 is 0 Å². The van der Waals surface area contributed by atoms with Crippen LogP contribution in [0.25, 0.3) is 0 Å². The second kappa shape index (κ2) is 6.03. The van der Waals surface area contributed by atoms with Crippen LogP contribution in [0.1, 0.15) is 34.0 Å². The van der Waals surface area contributed by atoms with E-state index >= 15 is 0 Å². The first kappa shape index (κ1) is 14.5. The molecule has 20 heavy (non-hydrogen) atoms. The van der Waals surface area contributed by atoms with Crippen molar-refractivity contribution in [2.45, 2.75) is 26.8 Å². The van der Waals surface area contributed by atoms with E-state index in [4.69, 9.17) is 10.6 Å². The fourth-order valence-electron chi connectivity index (χ4n) is 2.47. The van der Waals surface area contributed by atoms with E-state index in [-0.39, 0.29) is 6.04 Å². The molecule has 1 heterocycles. The van der Waals surface area contributed by atoms with Gasteiger partial charge in [-0.3, -0.25) is 10.8 Å².